The van der Waals surface area contributed by atoms with E-state index in [-0.39, 0.29) is 10.7 Å². The second-order valence-corrected chi connectivity index (χ2v) is 8.41. The number of hydrogen-bond donors (Lipinski definition) is 1. The van der Waals surface area contributed by atoms with Gasteiger partial charge in [-0.2, -0.15) is 0 Å². The maximum atomic E-state index is 13.0. The smallest absolute Gasteiger partial charge is 0.270 e. The summed E-state index contributed by atoms with van der Waals surface area (Å²) in [5, 5.41) is 3.17. The third kappa shape index (κ3) is 3.87. The maximum absolute atomic E-state index is 13.0. The van der Waals surface area contributed by atoms with Gasteiger partial charge in [0, 0.05) is 35.6 Å². The lowest BCUT2D eigenvalue weighted by Crippen LogP contribution is -2.44. The Kier molecular flexibility index (Phi) is 5.18. The fourth-order valence-corrected chi connectivity index (χ4v) is 4.82. The molecule has 1 fully saturated rings. The van der Waals surface area contributed by atoms with Crippen molar-refractivity contribution >= 4 is 23.3 Å². The van der Waals surface area contributed by atoms with Crippen molar-refractivity contribution in [1.82, 2.24) is 14.7 Å². The summed E-state index contributed by atoms with van der Waals surface area (Å²) in [7, 11) is 0. The minimum atomic E-state index is -0.0780. The number of carbonyl (C=O) groups is 1. The number of thioether (sulfide) groups is 1. The lowest BCUT2D eigenvalue weighted by molar-refractivity contribution is 0.0739. The number of carbonyl (C=O) groups excluding carboxylic acids is 1. The van der Waals surface area contributed by atoms with Crippen molar-refractivity contribution in [2.24, 2.45) is 0 Å². The Labute approximate surface area is 163 Å². The molecule has 0 unspecified atom stereocenters. The average molecular weight is 382 g/mol. The van der Waals surface area contributed by atoms with Crippen LogP contribution in [0, 0.1) is 6.92 Å². The summed E-state index contributed by atoms with van der Waals surface area (Å²) in [4.78, 5) is 18.7. The Morgan fingerprint density at radius 1 is 1.19 bits per heavy atom. The van der Waals surface area contributed by atoms with Crippen molar-refractivity contribution in [1.29, 1.82) is 0 Å². The van der Waals surface area contributed by atoms with Crippen molar-refractivity contribution < 1.29 is 9.53 Å². The Morgan fingerprint density at radius 2 is 1.93 bits per heavy atom. The van der Waals surface area contributed by atoms with Gasteiger partial charge in [-0.05, 0) is 44.0 Å². The first-order chi connectivity index (χ1) is 13.2. The second kappa shape index (κ2) is 7.74. The van der Waals surface area contributed by atoms with E-state index in [1.165, 1.54) is 4.90 Å². The quantitative estimate of drug-likeness (QED) is 0.732. The zero-order chi connectivity index (χ0) is 18.7. The zero-order valence-electron chi connectivity index (χ0n) is 15.4. The molecule has 1 saturated heterocycles. The number of benzene rings is 1. The summed E-state index contributed by atoms with van der Waals surface area (Å²) < 4.78 is 7.38. The number of aryl methyl sites for hydroxylation is 1. The first kappa shape index (κ1) is 18.1. The van der Waals surface area contributed by atoms with Crippen LogP contribution in [0.3, 0.4) is 0 Å². The van der Waals surface area contributed by atoms with Gasteiger partial charge in [0.2, 0.25) is 0 Å². The number of amides is 1. The number of aromatic nitrogens is 2. The van der Waals surface area contributed by atoms with E-state index in [1.54, 1.807) is 0 Å². The first-order valence-electron chi connectivity index (χ1n) is 9.21. The van der Waals surface area contributed by atoms with Gasteiger partial charge in [0.25, 0.3) is 5.91 Å². The lowest BCUT2D eigenvalue weighted by Gasteiger charge is -2.36. The monoisotopic (exact) mass is 381 g/mol. The summed E-state index contributed by atoms with van der Waals surface area (Å²) in [6.45, 7) is 3.94. The highest BCUT2D eigenvalue weighted by molar-refractivity contribution is 8.00. The van der Waals surface area contributed by atoms with Gasteiger partial charge < -0.3 is 10.1 Å². The maximum Gasteiger partial charge on any atom is 0.270 e. The molecule has 0 spiro atoms. The molecule has 0 radical (unpaired) electrons. The molecule has 0 bridgehead atoms. The zero-order valence-corrected chi connectivity index (χ0v) is 16.2. The van der Waals surface area contributed by atoms with Gasteiger partial charge in [-0.3, -0.25) is 9.20 Å². The summed E-state index contributed by atoms with van der Waals surface area (Å²) in [6.07, 6.45) is 3.71. The van der Waals surface area contributed by atoms with Crippen LogP contribution in [0.25, 0.3) is 5.65 Å². The van der Waals surface area contributed by atoms with Crippen LogP contribution in [-0.4, -0.2) is 39.8 Å². The molecular formula is C21H23N3O2S. The van der Waals surface area contributed by atoms with Crippen LogP contribution in [0.4, 0.5) is 0 Å². The standard InChI is InChI=1S/C21H23N3O2S/c1-16-19(24-12-6-5-9-18(24)23-16)20(25)22-15-21(10-13-26-14-11-21)27-17-7-3-2-4-8-17/h2-9,12H,10-11,13-15H2,1H3,(H,22,25). The van der Waals surface area contributed by atoms with E-state index >= 15 is 0 Å². The lowest BCUT2D eigenvalue weighted by atomic mass is 9.99. The van der Waals surface area contributed by atoms with E-state index in [9.17, 15) is 4.79 Å². The molecule has 0 saturated carbocycles. The topological polar surface area (TPSA) is 55.6 Å². The van der Waals surface area contributed by atoms with Crippen LogP contribution in [0.15, 0.2) is 59.6 Å². The van der Waals surface area contributed by atoms with Gasteiger partial charge in [0.15, 0.2) is 0 Å². The van der Waals surface area contributed by atoms with Gasteiger partial charge in [-0.15, -0.1) is 11.8 Å². The van der Waals surface area contributed by atoms with Crippen molar-refractivity contribution in [3.63, 3.8) is 0 Å². The number of hydrogen-bond acceptors (Lipinski definition) is 4. The van der Waals surface area contributed by atoms with E-state index in [0.29, 0.717) is 12.2 Å². The van der Waals surface area contributed by atoms with Gasteiger partial charge in [-0.25, -0.2) is 4.98 Å². The summed E-state index contributed by atoms with van der Waals surface area (Å²) >= 11 is 1.84. The largest absolute Gasteiger partial charge is 0.381 e. The average Bonchev–Trinajstić information content (AvgIpc) is 3.03. The summed E-state index contributed by atoms with van der Waals surface area (Å²) in [5.41, 5.74) is 2.15. The molecule has 3 heterocycles. The van der Waals surface area contributed by atoms with E-state index in [4.69, 9.17) is 4.74 Å². The van der Waals surface area contributed by atoms with Gasteiger partial charge >= 0.3 is 0 Å². The van der Waals surface area contributed by atoms with Crippen molar-refractivity contribution in [3.8, 4) is 0 Å². The predicted octanol–water partition coefficient (Wildman–Crippen LogP) is 3.71. The van der Waals surface area contributed by atoms with Gasteiger partial charge in [0.05, 0.1) is 5.69 Å². The highest BCUT2D eigenvalue weighted by atomic mass is 32.2. The van der Waals surface area contributed by atoms with E-state index in [1.807, 2.05) is 53.5 Å². The number of nitrogens with zero attached hydrogens (tertiary/aromatic N) is 2. The minimum Gasteiger partial charge on any atom is -0.381 e. The van der Waals surface area contributed by atoms with Crippen molar-refractivity contribution in [3.05, 3.63) is 66.1 Å². The van der Waals surface area contributed by atoms with E-state index in [0.717, 1.165) is 37.4 Å². The Morgan fingerprint density at radius 3 is 2.70 bits per heavy atom. The Hall–Kier alpha value is -2.31. The van der Waals surface area contributed by atoms with Crippen LogP contribution in [-0.2, 0) is 4.74 Å². The molecule has 6 heteroatoms. The van der Waals surface area contributed by atoms with Crippen LogP contribution in [0.5, 0.6) is 0 Å². The Bertz CT molecular complexity index is 933. The van der Waals surface area contributed by atoms with E-state index in [2.05, 4.69) is 34.6 Å². The highest BCUT2D eigenvalue weighted by Gasteiger charge is 2.34. The molecule has 1 amide bonds. The molecule has 5 nitrogen and oxygen atoms in total. The molecular weight excluding hydrogens is 358 g/mol. The molecule has 1 aliphatic heterocycles. The normalized spacial score (nSPS) is 16.3. The molecule has 0 atom stereocenters. The fraction of sp³-hybridized carbons (Fsp3) is 0.333. The first-order valence-corrected chi connectivity index (χ1v) is 10.0. The van der Waals surface area contributed by atoms with E-state index < -0.39 is 0 Å². The molecule has 4 rings (SSSR count). The molecule has 140 valence electrons. The SMILES string of the molecule is Cc1nc2ccccn2c1C(=O)NCC1(Sc2ccccc2)CCOCC1. The summed E-state index contributed by atoms with van der Waals surface area (Å²) in [5.74, 6) is -0.0780. The predicted molar refractivity (Wildman–Crippen MR) is 107 cm³/mol. The minimum absolute atomic E-state index is 0.0519. The number of fused-ring (bicyclic) bond motifs is 1. The van der Waals surface area contributed by atoms with Crippen LogP contribution >= 0.6 is 11.8 Å². The van der Waals surface area contributed by atoms with Crippen molar-refractivity contribution in [2.45, 2.75) is 29.4 Å². The van der Waals surface area contributed by atoms with Crippen LogP contribution in [0.2, 0.25) is 0 Å². The Balaban J connectivity index is 1.53. The molecule has 0 aliphatic carbocycles. The number of ether oxygens (including phenoxy) is 1. The molecule has 2 aromatic heterocycles. The third-order valence-electron chi connectivity index (χ3n) is 4.97. The molecule has 27 heavy (non-hydrogen) atoms. The van der Waals surface area contributed by atoms with Crippen molar-refractivity contribution in [2.75, 3.05) is 19.8 Å². The number of pyridine rings is 1. The summed E-state index contributed by atoms with van der Waals surface area (Å²) in [6, 6.07) is 16.1. The van der Waals surface area contributed by atoms with Gasteiger partial charge in [-0.1, -0.05) is 24.3 Å². The fourth-order valence-electron chi connectivity index (χ4n) is 3.51. The van der Waals surface area contributed by atoms with Crippen LogP contribution < -0.4 is 5.32 Å². The highest BCUT2D eigenvalue weighted by Crippen LogP contribution is 2.40. The van der Waals surface area contributed by atoms with Crippen LogP contribution in [0.1, 0.15) is 29.0 Å². The molecule has 1 aliphatic rings. The molecule has 1 N–H and O–H groups in total. The number of rotatable bonds is 5. The second-order valence-electron chi connectivity index (χ2n) is 6.87. The number of nitrogens with one attached hydrogen (secondary N) is 1. The third-order valence-corrected chi connectivity index (χ3v) is 6.47. The van der Waals surface area contributed by atoms with Gasteiger partial charge in [0.1, 0.15) is 11.3 Å². The molecule has 1 aromatic carbocycles. The number of imidazole rings is 1. The molecule has 3 aromatic rings.